The molecule has 102 valence electrons. The third-order valence-electron chi connectivity index (χ3n) is 2.81. The maximum atomic E-state index is 5.29. The summed E-state index contributed by atoms with van der Waals surface area (Å²) in [5.41, 5.74) is 1.16. The molecule has 4 nitrogen and oxygen atoms in total. The van der Waals surface area contributed by atoms with Gasteiger partial charge in [-0.05, 0) is 37.6 Å². The molecule has 1 aromatic heterocycles. The summed E-state index contributed by atoms with van der Waals surface area (Å²) < 4.78 is 6.35. The van der Waals surface area contributed by atoms with Gasteiger partial charge in [-0.15, -0.1) is 0 Å². The largest absolute Gasteiger partial charge is 0.338 e. The van der Waals surface area contributed by atoms with Crippen LogP contribution in [0.3, 0.4) is 0 Å². The van der Waals surface area contributed by atoms with Crippen LogP contribution in [-0.2, 0) is 6.42 Å². The zero-order valence-electron chi connectivity index (χ0n) is 11.2. The maximum absolute atomic E-state index is 5.29. The van der Waals surface area contributed by atoms with E-state index in [9.17, 15) is 0 Å². The van der Waals surface area contributed by atoms with Crippen molar-refractivity contribution in [2.45, 2.75) is 32.7 Å². The highest BCUT2D eigenvalue weighted by atomic mass is 79.9. The molecule has 1 aromatic carbocycles. The highest BCUT2D eigenvalue weighted by Gasteiger charge is 2.13. The molecule has 0 fully saturated rings. The lowest BCUT2D eigenvalue weighted by molar-refractivity contribution is 0.337. The molecule has 0 aliphatic heterocycles. The Labute approximate surface area is 121 Å². The van der Waals surface area contributed by atoms with E-state index in [0.29, 0.717) is 12.3 Å². The van der Waals surface area contributed by atoms with Crippen LogP contribution in [0.25, 0.3) is 0 Å². The molecule has 1 N–H and O–H groups in total. The Kier molecular flexibility index (Phi) is 5.10. The summed E-state index contributed by atoms with van der Waals surface area (Å²) in [5, 5.41) is 7.36. The standard InChI is InChI=1S/C14H18BrN3O/c1-3-7-16-10(2)14-17-13(18-19-14)9-11-5-4-6-12(15)8-11/h4-6,8,10,16H,3,7,9H2,1-2H3. The first-order valence-corrected chi connectivity index (χ1v) is 7.28. The lowest BCUT2D eigenvalue weighted by Gasteiger charge is -2.06. The van der Waals surface area contributed by atoms with Crippen LogP contribution in [0.2, 0.25) is 0 Å². The second kappa shape index (κ2) is 6.82. The molecule has 0 saturated carbocycles. The number of hydrogen-bond acceptors (Lipinski definition) is 4. The number of benzene rings is 1. The average molecular weight is 324 g/mol. The number of halogens is 1. The van der Waals surface area contributed by atoms with Gasteiger partial charge >= 0.3 is 0 Å². The molecule has 0 saturated heterocycles. The predicted molar refractivity (Wildman–Crippen MR) is 78.0 cm³/mol. The van der Waals surface area contributed by atoms with Crippen LogP contribution in [0.5, 0.6) is 0 Å². The Morgan fingerprint density at radius 1 is 1.42 bits per heavy atom. The molecule has 0 spiro atoms. The lowest BCUT2D eigenvalue weighted by Crippen LogP contribution is -2.19. The van der Waals surface area contributed by atoms with Crippen LogP contribution < -0.4 is 5.32 Å². The second-order valence-electron chi connectivity index (χ2n) is 4.53. The summed E-state index contributed by atoms with van der Waals surface area (Å²) in [7, 11) is 0. The van der Waals surface area contributed by atoms with Crippen molar-refractivity contribution in [3.05, 3.63) is 46.0 Å². The Balaban J connectivity index is 2.01. The van der Waals surface area contributed by atoms with Gasteiger partial charge in [0, 0.05) is 10.9 Å². The Bertz CT molecular complexity index is 527. The molecular weight excluding hydrogens is 306 g/mol. The molecule has 19 heavy (non-hydrogen) atoms. The SMILES string of the molecule is CCCNC(C)c1nc(Cc2cccc(Br)c2)no1. The van der Waals surface area contributed by atoms with Gasteiger partial charge in [-0.1, -0.05) is 40.1 Å². The smallest absolute Gasteiger partial charge is 0.243 e. The molecule has 1 heterocycles. The quantitative estimate of drug-likeness (QED) is 0.884. The van der Waals surface area contributed by atoms with Gasteiger partial charge in [0.05, 0.1) is 6.04 Å². The topological polar surface area (TPSA) is 51.0 Å². The second-order valence-corrected chi connectivity index (χ2v) is 5.45. The van der Waals surface area contributed by atoms with Crippen molar-refractivity contribution in [1.29, 1.82) is 0 Å². The van der Waals surface area contributed by atoms with E-state index in [-0.39, 0.29) is 6.04 Å². The first-order chi connectivity index (χ1) is 9.19. The van der Waals surface area contributed by atoms with Crippen LogP contribution in [0.15, 0.2) is 33.3 Å². The van der Waals surface area contributed by atoms with E-state index in [0.717, 1.165) is 28.8 Å². The van der Waals surface area contributed by atoms with E-state index in [2.05, 4.69) is 50.4 Å². The molecule has 2 aromatic rings. The number of nitrogens with zero attached hydrogens (tertiary/aromatic N) is 2. The lowest BCUT2D eigenvalue weighted by atomic mass is 10.1. The molecule has 1 unspecified atom stereocenters. The third kappa shape index (κ3) is 4.14. The molecule has 0 amide bonds. The van der Waals surface area contributed by atoms with Crippen molar-refractivity contribution in [3.63, 3.8) is 0 Å². The molecule has 0 aliphatic carbocycles. The average Bonchev–Trinajstić information content (AvgIpc) is 2.84. The van der Waals surface area contributed by atoms with Gasteiger partial charge < -0.3 is 9.84 Å². The van der Waals surface area contributed by atoms with Crippen molar-refractivity contribution < 1.29 is 4.52 Å². The number of aromatic nitrogens is 2. The summed E-state index contributed by atoms with van der Waals surface area (Å²) in [4.78, 5) is 4.43. The molecule has 0 aliphatic rings. The fraction of sp³-hybridized carbons (Fsp3) is 0.429. The summed E-state index contributed by atoms with van der Waals surface area (Å²) in [6.45, 7) is 5.11. The van der Waals surface area contributed by atoms with E-state index >= 15 is 0 Å². The molecule has 1 atom stereocenters. The monoisotopic (exact) mass is 323 g/mol. The summed E-state index contributed by atoms with van der Waals surface area (Å²) >= 11 is 3.46. The van der Waals surface area contributed by atoms with E-state index in [1.165, 1.54) is 0 Å². The normalized spacial score (nSPS) is 12.6. The van der Waals surface area contributed by atoms with Crippen LogP contribution in [0, 0.1) is 0 Å². The van der Waals surface area contributed by atoms with E-state index in [1.807, 2.05) is 19.1 Å². The van der Waals surface area contributed by atoms with E-state index < -0.39 is 0 Å². The zero-order chi connectivity index (χ0) is 13.7. The fourth-order valence-corrected chi connectivity index (χ4v) is 2.24. The maximum Gasteiger partial charge on any atom is 0.243 e. The van der Waals surface area contributed by atoms with Crippen molar-refractivity contribution >= 4 is 15.9 Å². The number of hydrogen-bond donors (Lipinski definition) is 1. The molecule has 0 bridgehead atoms. The Hall–Kier alpha value is -1.20. The van der Waals surface area contributed by atoms with Gasteiger partial charge in [0.2, 0.25) is 5.89 Å². The highest BCUT2D eigenvalue weighted by molar-refractivity contribution is 9.10. The number of rotatable bonds is 6. The van der Waals surface area contributed by atoms with E-state index in [1.54, 1.807) is 0 Å². The van der Waals surface area contributed by atoms with Crippen LogP contribution in [0.4, 0.5) is 0 Å². The van der Waals surface area contributed by atoms with Crippen molar-refractivity contribution in [2.24, 2.45) is 0 Å². The minimum atomic E-state index is 0.101. The highest BCUT2D eigenvalue weighted by Crippen LogP contribution is 2.15. The van der Waals surface area contributed by atoms with Gasteiger partial charge in [-0.3, -0.25) is 0 Å². The summed E-state index contributed by atoms with van der Waals surface area (Å²) in [6, 6.07) is 8.23. The molecule has 5 heteroatoms. The van der Waals surface area contributed by atoms with Crippen molar-refractivity contribution in [3.8, 4) is 0 Å². The summed E-state index contributed by atoms with van der Waals surface area (Å²) in [6.07, 6.45) is 1.77. The third-order valence-corrected chi connectivity index (χ3v) is 3.30. The molecule has 0 radical (unpaired) electrons. The fourth-order valence-electron chi connectivity index (χ4n) is 1.79. The molecule has 2 rings (SSSR count). The van der Waals surface area contributed by atoms with Gasteiger partial charge in [-0.2, -0.15) is 4.98 Å². The predicted octanol–water partition coefficient (Wildman–Crippen LogP) is 3.48. The van der Waals surface area contributed by atoms with Gasteiger partial charge in [-0.25, -0.2) is 0 Å². The van der Waals surface area contributed by atoms with Gasteiger partial charge in [0.1, 0.15) is 0 Å². The van der Waals surface area contributed by atoms with Crippen LogP contribution in [0.1, 0.15) is 43.6 Å². The van der Waals surface area contributed by atoms with E-state index in [4.69, 9.17) is 4.52 Å². The Morgan fingerprint density at radius 2 is 2.26 bits per heavy atom. The van der Waals surface area contributed by atoms with Crippen molar-refractivity contribution in [1.82, 2.24) is 15.5 Å². The minimum Gasteiger partial charge on any atom is -0.338 e. The summed E-state index contributed by atoms with van der Waals surface area (Å²) in [5.74, 6) is 1.37. The minimum absolute atomic E-state index is 0.101. The first kappa shape index (κ1) is 14.2. The van der Waals surface area contributed by atoms with Crippen molar-refractivity contribution in [2.75, 3.05) is 6.54 Å². The first-order valence-electron chi connectivity index (χ1n) is 6.49. The van der Waals surface area contributed by atoms with Gasteiger partial charge in [0.15, 0.2) is 5.82 Å². The van der Waals surface area contributed by atoms with Crippen LogP contribution in [-0.4, -0.2) is 16.7 Å². The van der Waals surface area contributed by atoms with Gasteiger partial charge in [0.25, 0.3) is 0 Å². The Morgan fingerprint density at radius 3 is 3.00 bits per heavy atom. The van der Waals surface area contributed by atoms with Crippen LogP contribution >= 0.6 is 15.9 Å². The zero-order valence-corrected chi connectivity index (χ0v) is 12.8. The molecular formula is C14H18BrN3O. The number of nitrogens with one attached hydrogen (secondary N) is 1.